The Bertz CT molecular complexity index is 446. The summed E-state index contributed by atoms with van der Waals surface area (Å²) in [5.41, 5.74) is 0.203. The first-order valence-electron chi connectivity index (χ1n) is 6.61. The maximum absolute atomic E-state index is 12.6. The Morgan fingerprint density at radius 1 is 1.16 bits per heavy atom. The molecule has 3 rings (SSSR count). The fraction of sp³-hybridized carbons (Fsp3) is 0.571. The molecule has 2 fully saturated rings. The third-order valence-electron chi connectivity index (χ3n) is 4.13. The zero-order valence-corrected chi connectivity index (χ0v) is 10.6. The summed E-state index contributed by atoms with van der Waals surface area (Å²) in [5, 5.41) is 3.36. The maximum Gasteiger partial charge on any atom is 0.416 e. The number of fused-ring (bicyclic) bond motifs is 1. The number of benzene rings is 1. The summed E-state index contributed by atoms with van der Waals surface area (Å²) in [4.78, 5) is 2.27. The molecule has 2 saturated heterocycles. The molecule has 0 aliphatic carbocycles. The molecule has 0 saturated carbocycles. The van der Waals surface area contributed by atoms with Crippen LogP contribution in [0.1, 0.15) is 11.1 Å². The van der Waals surface area contributed by atoms with E-state index in [-0.39, 0.29) is 0 Å². The van der Waals surface area contributed by atoms with Crippen LogP contribution < -0.4 is 5.32 Å². The van der Waals surface area contributed by atoms with Gasteiger partial charge in [-0.1, -0.05) is 18.2 Å². The van der Waals surface area contributed by atoms with Crippen molar-refractivity contribution >= 4 is 0 Å². The molecule has 0 unspecified atom stereocenters. The predicted octanol–water partition coefficient (Wildman–Crippen LogP) is 2.36. The number of nitrogens with zero attached hydrogens (tertiary/aromatic N) is 1. The van der Waals surface area contributed by atoms with E-state index in [1.807, 2.05) is 0 Å². The van der Waals surface area contributed by atoms with Crippen LogP contribution in [0.2, 0.25) is 0 Å². The Morgan fingerprint density at radius 2 is 1.84 bits per heavy atom. The number of nitrogens with one attached hydrogen (secondary N) is 1. The summed E-state index contributed by atoms with van der Waals surface area (Å²) in [6, 6.07) is 5.68. The van der Waals surface area contributed by atoms with Crippen LogP contribution in [0.15, 0.2) is 24.3 Å². The van der Waals surface area contributed by atoms with Crippen molar-refractivity contribution < 1.29 is 13.2 Å². The molecule has 0 radical (unpaired) electrons. The fourth-order valence-corrected chi connectivity index (χ4v) is 3.19. The molecule has 1 N–H and O–H groups in total. The molecule has 0 spiro atoms. The highest BCUT2D eigenvalue weighted by Gasteiger charge is 2.36. The molecule has 2 heterocycles. The van der Waals surface area contributed by atoms with Gasteiger partial charge in [0.15, 0.2) is 0 Å². The Morgan fingerprint density at radius 3 is 2.47 bits per heavy atom. The lowest BCUT2D eigenvalue weighted by molar-refractivity contribution is -0.137. The summed E-state index contributed by atoms with van der Waals surface area (Å²) >= 11 is 0. The lowest BCUT2D eigenvalue weighted by atomic mass is 10.0. The van der Waals surface area contributed by atoms with Crippen LogP contribution in [-0.2, 0) is 12.7 Å². The standard InChI is InChI=1S/C14H17F3N2/c15-14(16,17)13-3-1-2-10(4-13)7-19-8-11-5-18-6-12(11)9-19/h1-4,11-12,18H,5-9H2/t11-,12+. The van der Waals surface area contributed by atoms with Crippen LogP contribution in [0.5, 0.6) is 0 Å². The lowest BCUT2D eigenvalue weighted by Gasteiger charge is -2.17. The molecular formula is C14H17F3N2. The van der Waals surface area contributed by atoms with Gasteiger partial charge in [0, 0.05) is 19.6 Å². The van der Waals surface area contributed by atoms with Crippen molar-refractivity contribution in [2.75, 3.05) is 26.2 Å². The summed E-state index contributed by atoms with van der Waals surface area (Å²) in [6.07, 6.45) is -4.25. The second-order valence-corrected chi connectivity index (χ2v) is 5.57. The third-order valence-corrected chi connectivity index (χ3v) is 4.13. The Hall–Kier alpha value is -1.07. The molecule has 1 aromatic rings. The molecule has 19 heavy (non-hydrogen) atoms. The van der Waals surface area contributed by atoms with Crippen molar-refractivity contribution in [1.82, 2.24) is 10.2 Å². The van der Waals surface area contributed by atoms with E-state index >= 15 is 0 Å². The van der Waals surface area contributed by atoms with Gasteiger partial charge in [0.1, 0.15) is 0 Å². The summed E-state index contributed by atoms with van der Waals surface area (Å²) in [7, 11) is 0. The van der Waals surface area contributed by atoms with Crippen LogP contribution >= 0.6 is 0 Å². The Kier molecular flexibility index (Phi) is 3.27. The summed E-state index contributed by atoms with van der Waals surface area (Å²) in [5.74, 6) is 1.34. The molecule has 104 valence electrons. The van der Waals surface area contributed by atoms with E-state index < -0.39 is 11.7 Å². The van der Waals surface area contributed by atoms with Gasteiger partial charge in [-0.15, -0.1) is 0 Å². The molecular weight excluding hydrogens is 253 g/mol. The van der Waals surface area contributed by atoms with Crippen molar-refractivity contribution in [3.8, 4) is 0 Å². The van der Waals surface area contributed by atoms with Crippen molar-refractivity contribution in [2.24, 2.45) is 11.8 Å². The highest BCUT2D eigenvalue weighted by atomic mass is 19.4. The van der Waals surface area contributed by atoms with Crippen molar-refractivity contribution in [3.63, 3.8) is 0 Å². The first-order valence-corrected chi connectivity index (χ1v) is 6.61. The molecule has 0 bridgehead atoms. The van der Waals surface area contributed by atoms with Crippen LogP contribution in [0.3, 0.4) is 0 Å². The van der Waals surface area contributed by atoms with Gasteiger partial charge in [-0.3, -0.25) is 4.90 Å². The minimum absolute atomic E-state index is 0.550. The van der Waals surface area contributed by atoms with E-state index in [9.17, 15) is 13.2 Å². The van der Waals surface area contributed by atoms with E-state index in [0.29, 0.717) is 18.4 Å². The molecule has 2 aliphatic rings. The zero-order valence-electron chi connectivity index (χ0n) is 10.6. The lowest BCUT2D eigenvalue weighted by Crippen LogP contribution is -2.25. The molecule has 2 nitrogen and oxygen atoms in total. The van der Waals surface area contributed by atoms with Crippen LogP contribution in [0.4, 0.5) is 13.2 Å². The first-order chi connectivity index (χ1) is 9.02. The van der Waals surface area contributed by atoms with Crippen molar-refractivity contribution in [2.45, 2.75) is 12.7 Å². The highest BCUT2D eigenvalue weighted by Crippen LogP contribution is 2.31. The van der Waals surface area contributed by atoms with Gasteiger partial charge in [0.05, 0.1) is 5.56 Å². The van der Waals surface area contributed by atoms with Gasteiger partial charge in [0.2, 0.25) is 0 Å². The Labute approximate surface area is 110 Å². The van der Waals surface area contributed by atoms with Gasteiger partial charge < -0.3 is 5.32 Å². The average molecular weight is 270 g/mol. The number of hydrogen-bond acceptors (Lipinski definition) is 2. The van der Waals surface area contributed by atoms with Crippen LogP contribution in [0.25, 0.3) is 0 Å². The van der Waals surface area contributed by atoms with Gasteiger partial charge in [-0.25, -0.2) is 0 Å². The van der Waals surface area contributed by atoms with E-state index in [2.05, 4.69) is 10.2 Å². The van der Waals surface area contributed by atoms with E-state index in [1.54, 1.807) is 6.07 Å². The second-order valence-electron chi connectivity index (χ2n) is 5.57. The van der Waals surface area contributed by atoms with Crippen LogP contribution in [0, 0.1) is 11.8 Å². The SMILES string of the molecule is FC(F)(F)c1cccc(CN2C[C@H]3CNC[C@H]3C2)c1. The van der Waals surface area contributed by atoms with Gasteiger partial charge in [-0.05, 0) is 36.6 Å². The number of rotatable bonds is 2. The normalized spacial score (nSPS) is 27.7. The molecule has 5 heteroatoms. The molecule has 1 aromatic carbocycles. The van der Waals surface area contributed by atoms with E-state index in [0.717, 1.165) is 37.8 Å². The monoisotopic (exact) mass is 270 g/mol. The summed E-state index contributed by atoms with van der Waals surface area (Å²) < 4.78 is 37.9. The minimum atomic E-state index is -4.25. The topological polar surface area (TPSA) is 15.3 Å². The van der Waals surface area contributed by atoms with Crippen molar-refractivity contribution in [3.05, 3.63) is 35.4 Å². The Balaban J connectivity index is 1.67. The molecule has 2 atom stereocenters. The quantitative estimate of drug-likeness (QED) is 0.887. The second kappa shape index (κ2) is 4.80. The van der Waals surface area contributed by atoms with Gasteiger partial charge >= 0.3 is 6.18 Å². The molecule has 0 aromatic heterocycles. The first kappa shape index (κ1) is 12.9. The summed E-state index contributed by atoms with van der Waals surface area (Å²) in [6.45, 7) is 4.70. The van der Waals surface area contributed by atoms with Crippen LogP contribution in [-0.4, -0.2) is 31.1 Å². The smallest absolute Gasteiger partial charge is 0.316 e. The number of alkyl halides is 3. The van der Waals surface area contributed by atoms with E-state index in [1.165, 1.54) is 12.1 Å². The predicted molar refractivity (Wildman–Crippen MR) is 66.6 cm³/mol. The molecule has 2 aliphatic heterocycles. The largest absolute Gasteiger partial charge is 0.416 e. The number of hydrogen-bond donors (Lipinski definition) is 1. The van der Waals surface area contributed by atoms with Crippen molar-refractivity contribution in [1.29, 1.82) is 0 Å². The number of likely N-dealkylation sites (tertiary alicyclic amines) is 1. The highest BCUT2D eigenvalue weighted by molar-refractivity contribution is 5.25. The maximum atomic E-state index is 12.6. The zero-order chi connectivity index (χ0) is 13.5. The molecule has 0 amide bonds. The van der Waals surface area contributed by atoms with Gasteiger partial charge in [0.25, 0.3) is 0 Å². The fourth-order valence-electron chi connectivity index (χ4n) is 3.19. The van der Waals surface area contributed by atoms with Gasteiger partial charge in [-0.2, -0.15) is 13.2 Å². The number of halogens is 3. The minimum Gasteiger partial charge on any atom is -0.316 e. The van der Waals surface area contributed by atoms with E-state index in [4.69, 9.17) is 0 Å². The average Bonchev–Trinajstić information content (AvgIpc) is 2.88. The third kappa shape index (κ3) is 2.77.